The van der Waals surface area contributed by atoms with E-state index >= 15 is 0 Å². The molecule has 1 atom stereocenters. The SMILES string of the molecule is Cc1ccc(N2C(=O)c3oc4ccccc4c(=O)c3C2c2cccc(Cl)c2)cc1C. The second-order valence-corrected chi connectivity index (χ2v) is 8.01. The van der Waals surface area contributed by atoms with Gasteiger partial charge in [-0.25, -0.2) is 0 Å². The molecule has 1 aromatic heterocycles. The van der Waals surface area contributed by atoms with Gasteiger partial charge in [-0.2, -0.15) is 0 Å². The molecular weight excluding hydrogens is 398 g/mol. The summed E-state index contributed by atoms with van der Waals surface area (Å²) in [6.07, 6.45) is 0. The molecule has 0 bridgehead atoms. The number of anilines is 1. The quantitative estimate of drug-likeness (QED) is 0.415. The molecule has 5 heteroatoms. The number of rotatable bonds is 2. The van der Waals surface area contributed by atoms with E-state index in [2.05, 4.69) is 0 Å². The molecule has 2 heterocycles. The zero-order valence-electron chi connectivity index (χ0n) is 16.5. The highest BCUT2D eigenvalue weighted by Crippen LogP contribution is 2.42. The topological polar surface area (TPSA) is 50.5 Å². The third-order valence-electron chi connectivity index (χ3n) is 5.71. The number of nitrogens with zero attached hydrogens (tertiary/aromatic N) is 1. The minimum absolute atomic E-state index is 0.0851. The minimum Gasteiger partial charge on any atom is -0.450 e. The van der Waals surface area contributed by atoms with Crippen LogP contribution in [0.1, 0.15) is 38.9 Å². The van der Waals surface area contributed by atoms with Crippen LogP contribution in [0.3, 0.4) is 0 Å². The molecule has 1 amide bonds. The van der Waals surface area contributed by atoms with Gasteiger partial charge in [0.25, 0.3) is 5.91 Å². The molecule has 1 aliphatic rings. The van der Waals surface area contributed by atoms with E-state index in [1.807, 2.05) is 44.2 Å². The number of carbonyl (C=O) groups excluding carboxylic acids is 1. The van der Waals surface area contributed by atoms with Gasteiger partial charge in [0.15, 0.2) is 5.43 Å². The number of hydrogen-bond donors (Lipinski definition) is 0. The highest BCUT2D eigenvalue weighted by Gasteiger charge is 2.43. The first-order valence-electron chi connectivity index (χ1n) is 9.67. The zero-order valence-corrected chi connectivity index (χ0v) is 17.2. The molecule has 0 saturated carbocycles. The maximum atomic E-state index is 13.5. The Labute approximate surface area is 178 Å². The molecule has 0 spiro atoms. The van der Waals surface area contributed by atoms with Gasteiger partial charge in [-0.15, -0.1) is 0 Å². The average molecular weight is 416 g/mol. The van der Waals surface area contributed by atoms with Crippen molar-refractivity contribution in [1.29, 1.82) is 0 Å². The third-order valence-corrected chi connectivity index (χ3v) is 5.95. The van der Waals surface area contributed by atoms with Gasteiger partial charge in [0.05, 0.1) is 17.0 Å². The molecule has 4 aromatic rings. The molecule has 5 rings (SSSR count). The molecule has 30 heavy (non-hydrogen) atoms. The first-order valence-corrected chi connectivity index (χ1v) is 10.1. The van der Waals surface area contributed by atoms with Gasteiger partial charge >= 0.3 is 0 Å². The standard InChI is InChI=1S/C25H18ClNO3/c1-14-10-11-18(12-15(14)2)27-22(16-6-5-7-17(26)13-16)21-23(28)19-8-3-4-9-20(19)30-24(21)25(27)29/h3-13,22H,1-2H3. The lowest BCUT2D eigenvalue weighted by atomic mass is 9.98. The fourth-order valence-corrected chi connectivity index (χ4v) is 4.25. The van der Waals surface area contributed by atoms with Crippen LogP contribution in [0.4, 0.5) is 5.69 Å². The molecule has 0 N–H and O–H groups in total. The van der Waals surface area contributed by atoms with Crippen molar-refractivity contribution in [2.75, 3.05) is 4.90 Å². The van der Waals surface area contributed by atoms with Crippen LogP contribution in [0.5, 0.6) is 0 Å². The largest absolute Gasteiger partial charge is 0.450 e. The number of aryl methyl sites for hydroxylation is 2. The van der Waals surface area contributed by atoms with Crippen LogP contribution in [-0.2, 0) is 0 Å². The van der Waals surface area contributed by atoms with Gasteiger partial charge in [-0.05, 0) is 66.9 Å². The normalized spacial score (nSPS) is 15.6. The van der Waals surface area contributed by atoms with Crippen molar-refractivity contribution in [2.45, 2.75) is 19.9 Å². The molecule has 4 nitrogen and oxygen atoms in total. The molecule has 3 aromatic carbocycles. The van der Waals surface area contributed by atoms with Crippen molar-refractivity contribution in [2.24, 2.45) is 0 Å². The fourth-order valence-electron chi connectivity index (χ4n) is 4.05. The Morgan fingerprint density at radius 1 is 0.900 bits per heavy atom. The van der Waals surface area contributed by atoms with Gasteiger partial charge in [0, 0.05) is 10.7 Å². The summed E-state index contributed by atoms with van der Waals surface area (Å²) in [5.41, 5.74) is 4.21. The van der Waals surface area contributed by atoms with Crippen LogP contribution in [0, 0.1) is 13.8 Å². The molecule has 148 valence electrons. The Morgan fingerprint density at radius 2 is 1.70 bits per heavy atom. The van der Waals surface area contributed by atoms with Gasteiger partial charge < -0.3 is 4.42 Å². The van der Waals surface area contributed by atoms with Crippen LogP contribution in [0.2, 0.25) is 5.02 Å². The smallest absolute Gasteiger partial charge is 0.295 e. The van der Waals surface area contributed by atoms with Gasteiger partial charge in [-0.3, -0.25) is 14.5 Å². The number of benzene rings is 3. The van der Waals surface area contributed by atoms with Gasteiger partial charge in [-0.1, -0.05) is 41.9 Å². The summed E-state index contributed by atoms with van der Waals surface area (Å²) in [6.45, 7) is 4.02. The van der Waals surface area contributed by atoms with E-state index in [0.29, 0.717) is 27.2 Å². The summed E-state index contributed by atoms with van der Waals surface area (Å²) in [6, 6.07) is 19.5. The minimum atomic E-state index is -0.617. The molecule has 0 fully saturated rings. The van der Waals surface area contributed by atoms with Crippen molar-refractivity contribution >= 4 is 34.2 Å². The molecule has 0 aliphatic carbocycles. The Morgan fingerprint density at radius 3 is 2.47 bits per heavy atom. The number of carbonyl (C=O) groups is 1. The third kappa shape index (κ3) is 2.76. The highest BCUT2D eigenvalue weighted by atomic mass is 35.5. The monoisotopic (exact) mass is 415 g/mol. The van der Waals surface area contributed by atoms with Crippen LogP contribution in [-0.4, -0.2) is 5.91 Å². The van der Waals surface area contributed by atoms with E-state index < -0.39 is 6.04 Å². The number of para-hydroxylation sites is 1. The number of amides is 1. The summed E-state index contributed by atoms with van der Waals surface area (Å²) < 4.78 is 5.96. The molecule has 0 radical (unpaired) electrons. The number of fused-ring (bicyclic) bond motifs is 2. The van der Waals surface area contributed by atoms with Crippen molar-refractivity contribution in [3.8, 4) is 0 Å². The van der Waals surface area contributed by atoms with Crippen LogP contribution >= 0.6 is 11.6 Å². The Bertz CT molecular complexity index is 1390. The van der Waals surface area contributed by atoms with Gasteiger partial charge in [0.1, 0.15) is 5.58 Å². The van der Waals surface area contributed by atoms with E-state index in [4.69, 9.17) is 16.0 Å². The fraction of sp³-hybridized carbons (Fsp3) is 0.120. The van der Waals surface area contributed by atoms with Crippen LogP contribution in [0.15, 0.2) is 75.9 Å². The predicted octanol–water partition coefficient (Wildman–Crippen LogP) is 5.81. The lowest BCUT2D eigenvalue weighted by molar-refractivity contribution is 0.0971. The highest BCUT2D eigenvalue weighted by molar-refractivity contribution is 6.30. The summed E-state index contributed by atoms with van der Waals surface area (Å²) in [7, 11) is 0. The second-order valence-electron chi connectivity index (χ2n) is 7.57. The second kappa shape index (κ2) is 6.85. The zero-order chi connectivity index (χ0) is 21.0. The van der Waals surface area contributed by atoms with Crippen LogP contribution in [0.25, 0.3) is 11.0 Å². The van der Waals surface area contributed by atoms with E-state index in [-0.39, 0.29) is 17.1 Å². The van der Waals surface area contributed by atoms with Crippen molar-refractivity contribution in [3.63, 3.8) is 0 Å². The van der Waals surface area contributed by atoms with Crippen molar-refractivity contribution < 1.29 is 9.21 Å². The lowest BCUT2D eigenvalue weighted by Crippen LogP contribution is -2.29. The van der Waals surface area contributed by atoms with Crippen LogP contribution < -0.4 is 10.3 Å². The lowest BCUT2D eigenvalue weighted by Gasteiger charge is -2.26. The average Bonchev–Trinajstić information content (AvgIpc) is 3.03. The maximum absolute atomic E-state index is 13.5. The molecule has 0 saturated heterocycles. The molecule has 1 aliphatic heterocycles. The van der Waals surface area contributed by atoms with E-state index in [9.17, 15) is 9.59 Å². The number of hydrogen-bond acceptors (Lipinski definition) is 3. The Kier molecular flexibility index (Phi) is 4.26. The van der Waals surface area contributed by atoms with E-state index in [1.165, 1.54) is 0 Å². The Balaban J connectivity index is 1.83. The Hall–Kier alpha value is -3.37. The van der Waals surface area contributed by atoms with E-state index in [0.717, 1.165) is 16.7 Å². The first-order chi connectivity index (χ1) is 14.5. The van der Waals surface area contributed by atoms with Crippen molar-refractivity contribution in [3.05, 3.63) is 110 Å². The summed E-state index contributed by atoms with van der Waals surface area (Å²) in [4.78, 5) is 28.6. The molecular formula is C25H18ClNO3. The molecule has 1 unspecified atom stereocenters. The van der Waals surface area contributed by atoms with Gasteiger partial charge in [0.2, 0.25) is 5.76 Å². The summed E-state index contributed by atoms with van der Waals surface area (Å²) in [5.74, 6) is -0.247. The first kappa shape index (κ1) is 18.6. The van der Waals surface area contributed by atoms with Crippen molar-refractivity contribution in [1.82, 2.24) is 0 Å². The predicted molar refractivity (Wildman–Crippen MR) is 119 cm³/mol. The summed E-state index contributed by atoms with van der Waals surface area (Å²) in [5, 5.41) is 0.997. The maximum Gasteiger partial charge on any atom is 0.295 e. The number of halogens is 1. The van der Waals surface area contributed by atoms with E-state index in [1.54, 1.807) is 41.3 Å². The summed E-state index contributed by atoms with van der Waals surface area (Å²) >= 11 is 6.26.